The Morgan fingerprint density at radius 1 is 1.23 bits per heavy atom. The Kier molecular flexibility index (Phi) is 6.75. The van der Waals surface area contributed by atoms with Crippen molar-refractivity contribution in [1.82, 2.24) is 0 Å². The van der Waals surface area contributed by atoms with E-state index in [2.05, 4.69) is 0 Å². The molecular weight excluding hydrogens is 284 g/mol. The summed E-state index contributed by atoms with van der Waals surface area (Å²) in [5, 5.41) is 20.1. The van der Waals surface area contributed by atoms with Crippen LogP contribution < -0.4 is 0 Å². The molecule has 22 heavy (non-hydrogen) atoms. The van der Waals surface area contributed by atoms with Gasteiger partial charge in [-0.25, -0.2) is 0 Å². The lowest BCUT2D eigenvalue weighted by molar-refractivity contribution is -0.166. The first kappa shape index (κ1) is 18.8. The zero-order valence-corrected chi connectivity index (χ0v) is 14.0. The highest BCUT2D eigenvalue weighted by Crippen LogP contribution is 2.25. The van der Waals surface area contributed by atoms with Gasteiger partial charge in [-0.2, -0.15) is 0 Å². The maximum Gasteiger partial charge on any atom is 0.311 e. The van der Waals surface area contributed by atoms with Crippen molar-refractivity contribution in [1.29, 1.82) is 0 Å². The third kappa shape index (κ3) is 4.65. The first-order valence-corrected chi connectivity index (χ1v) is 7.93. The largest absolute Gasteiger partial charge is 0.459 e. The number of hydrogen-bond acceptors (Lipinski definition) is 5. The Hall–Kier alpha value is -1.20. The van der Waals surface area contributed by atoms with Crippen LogP contribution in [0, 0.1) is 23.7 Å². The monoisotopic (exact) mass is 312 g/mol. The molecular formula is C17H28O5. The summed E-state index contributed by atoms with van der Waals surface area (Å²) in [5.74, 6) is -1.95. The number of cyclic esters (lactones) is 1. The highest BCUT2D eigenvalue weighted by atomic mass is 16.6. The number of ether oxygens (including phenoxy) is 1. The molecule has 0 spiro atoms. The Balaban J connectivity index is 3.11. The van der Waals surface area contributed by atoms with Crippen molar-refractivity contribution in [2.75, 3.05) is 0 Å². The number of carbonyl (C=O) groups is 2. The molecule has 7 atom stereocenters. The van der Waals surface area contributed by atoms with Gasteiger partial charge in [0.25, 0.3) is 0 Å². The summed E-state index contributed by atoms with van der Waals surface area (Å²) >= 11 is 0. The second-order valence-corrected chi connectivity index (χ2v) is 6.66. The fourth-order valence-corrected chi connectivity index (χ4v) is 2.85. The van der Waals surface area contributed by atoms with E-state index in [4.69, 9.17) is 4.74 Å². The highest BCUT2D eigenvalue weighted by molar-refractivity contribution is 5.91. The van der Waals surface area contributed by atoms with Gasteiger partial charge in [-0.15, -0.1) is 0 Å². The molecule has 126 valence electrons. The van der Waals surface area contributed by atoms with Gasteiger partial charge in [-0.1, -0.05) is 26.8 Å². The highest BCUT2D eigenvalue weighted by Gasteiger charge is 2.34. The average Bonchev–Trinajstić information content (AvgIpc) is 2.46. The molecule has 0 aromatic rings. The standard InChI is InChI=1S/C17H28O5/c1-9-6-7-14(19)10(2)8-11(3)15(20)12(4)17(21)22-16(9)13(5)18/h6-7,9-13,15-16,18,20H,8H2,1-5H3/b7-6+/t9-,10-,11-,12-,13-,15-,16-/m0/s1. The van der Waals surface area contributed by atoms with E-state index in [0.29, 0.717) is 6.42 Å². The van der Waals surface area contributed by atoms with Crippen molar-refractivity contribution >= 4 is 11.8 Å². The third-order valence-corrected chi connectivity index (χ3v) is 4.49. The van der Waals surface area contributed by atoms with Crippen LogP contribution in [0.15, 0.2) is 12.2 Å². The van der Waals surface area contributed by atoms with Crippen molar-refractivity contribution in [2.24, 2.45) is 23.7 Å². The van der Waals surface area contributed by atoms with Gasteiger partial charge in [0.2, 0.25) is 0 Å². The van der Waals surface area contributed by atoms with Gasteiger partial charge < -0.3 is 14.9 Å². The van der Waals surface area contributed by atoms with Gasteiger partial charge >= 0.3 is 5.97 Å². The average molecular weight is 312 g/mol. The molecule has 0 aromatic carbocycles. The summed E-state index contributed by atoms with van der Waals surface area (Å²) in [4.78, 5) is 24.3. The molecule has 0 aromatic heterocycles. The van der Waals surface area contributed by atoms with Crippen LogP contribution in [0.25, 0.3) is 0 Å². The fraction of sp³-hybridized carbons (Fsp3) is 0.765. The van der Waals surface area contributed by atoms with Crippen molar-refractivity contribution in [3.05, 3.63) is 12.2 Å². The van der Waals surface area contributed by atoms with Gasteiger partial charge in [0, 0.05) is 11.8 Å². The molecule has 0 aliphatic carbocycles. The lowest BCUT2D eigenvalue weighted by Crippen LogP contribution is -2.40. The molecule has 5 heteroatoms. The molecule has 1 rings (SSSR count). The number of carbonyl (C=O) groups excluding carboxylic acids is 2. The minimum absolute atomic E-state index is 0.0187. The molecule has 2 N–H and O–H groups in total. The van der Waals surface area contributed by atoms with E-state index in [9.17, 15) is 19.8 Å². The van der Waals surface area contributed by atoms with Gasteiger partial charge in [0.05, 0.1) is 18.1 Å². The zero-order valence-electron chi connectivity index (χ0n) is 14.0. The van der Waals surface area contributed by atoms with Crippen LogP contribution in [0.3, 0.4) is 0 Å². The van der Waals surface area contributed by atoms with Crippen LogP contribution in [0.4, 0.5) is 0 Å². The van der Waals surface area contributed by atoms with Gasteiger partial charge in [0.1, 0.15) is 6.10 Å². The summed E-state index contributed by atoms with van der Waals surface area (Å²) in [7, 11) is 0. The molecule has 0 radical (unpaired) electrons. The van der Waals surface area contributed by atoms with E-state index in [1.807, 2.05) is 13.8 Å². The zero-order chi connectivity index (χ0) is 17.0. The molecule has 1 aliphatic heterocycles. The minimum Gasteiger partial charge on any atom is -0.459 e. The van der Waals surface area contributed by atoms with Gasteiger partial charge in [0.15, 0.2) is 5.78 Å². The lowest BCUT2D eigenvalue weighted by Gasteiger charge is -2.30. The Bertz CT molecular complexity index is 429. The van der Waals surface area contributed by atoms with Gasteiger partial charge in [-0.05, 0) is 32.3 Å². The topological polar surface area (TPSA) is 83.8 Å². The van der Waals surface area contributed by atoms with Crippen molar-refractivity contribution in [3.8, 4) is 0 Å². The van der Waals surface area contributed by atoms with Crippen LogP contribution in [0.1, 0.15) is 41.0 Å². The SMILES string of the molecule is C[C@H](O)[C@H]1OC(=O)[C@@H](C)[C@@H](O)[C@@H](C)C[C@H](C)C(=O)/C=C/[C@@H]1C. The van der Waals surface area contributed by atoms with E-state index >= 15 is 0 Å². The predicted molar refractivity (Wildman–Crippen MR) is 83.0 cm³/mol. The van der Waals surface area contributed by atoms with Crippen molar-refractivity contribution in [2.45, 2.75) is 59.4 Å². The first-order valence-electron chi connectivity index (χ1n) is 7.93. The van der Waals surface area contributed by atoms with E-state index in [1.165, 1.54) is 6.08 Å². The number of hydrogen-bond donors (Lipinski definition) is 2. The van der Waals surface area contributed by atoms with Crippen LogP contribution in [0.2, 0.25) is 0 Å². The Morgan fingerprint density at radius 2 is 1.82 bits per heavy atom. The molecule has 0 bridgehead atoms. The third-order valence-electron chi connectivity index (χ3n) is 4.49. The summed E-state index contributed by atoms with van der Waals surface area (Å²) in [5.41, 5.74) is 0. The Labute approximate surface area is 132 Å². The molecule has 0 fully saturated rings. The second kappa shape index (κ2) is 7.88. The summed E-state index contributed by atoms with van der Waals surface area (Å²) in [6, 6.07) is 0. The minimum atomic E-state index is -0.879. The van der Waals surface area contributed by atoms with Crippen LogP contribution >= 0.6 is 0 Å². The summed E-state index contributed by atoms with van der Waals surface area (Å²) in [6.07, 6.45) is 1.20. The summed E-state index contributed by atoms with van der Waals surface area (Å²) < 4.78 is 5.38. The number of aliphatic hydroxyl groups excluding tert-OH is 2. The fourth-order valence-electron chi connectivity index (χ4n) is 2.85. The Morgan fingerprint density at radius 3 is 2.36 bits per heavy atom. The predicted octanol–water partition coefficient (Wildman–Crippen LogP) is 1.71. The van der Waals surface area contributed by atoms with Crippen LogP contribution in [-0.2, 0) is 14.3 Å². The lowest BCUT2D eigenvalue weighted by atomic mass is 9.84. The maximum atomic E-state index is 12.2. The molecule has 1 aliphatic rings. The molecule has 5 nitrogen and oxygen atoms in total. The number of ketones is 1. The maximum absolute atomic E-state index is 12.2. The molecule has 0 saturated heterocycles. The normalized spacial score (nSPS) is 41.0. The molecule has 1 heterocycles. The number of allylic oxidation sites excluding steroid dienone is 1. The molecule has 0 unspecified atom stereocenters. The number of rotatable bonds is 1. The molecule has 0 amide bonds. The number of aliphatic hydroxyl groups is 2. The van der Waals surface area contributed by atoms with Crippen molar-refractivity contribution < 1.29 is 24.5 Å². The van der Waals surface area contributed by atoms with E-state index in [1.54, 1.807) is 26.8 Å². The van der Waals surface area contributed by atoms with Crippen LogP contribution in [0.5, 0.6) is 0 Å². The quantitative estimate of drug-likeness (QED) is 0.720. The molecule has 0 saturated carbocycles. The van der Waals surface area contributed by atoms with Crippen molar-refractivity contribution in [3.63, 3.8) is 0 Å². The van der Waals surface area contributed by atoms with Gasteiger partial charge in [-0.3, -0.25) is 9.59 Å². The summed E-state index contributed by atoms with van der Waals surface area (Å²) in [6.45, 7) is 8.59. The first-order chi connectivity index (χ1) is 10.1. The van der Waals surface area contributed by atoms with E-state index < -0.39 is 30.2 Å². The van der Waals surface area contributed by atoms with E-state index in [-0.39, 0.29) is 23.5 Å². The van der Waals surface area contributed by atoms with E-state index in [0.717, 1.165) is 0 Å². The number of esters is 1. The second-order valence-electron chi connectivity index (χ2n) is 6.66. The smallest absolute Gasteiger partial charge is 0.311 e. The van der Waals surface area contributed by atoms with Crippen LogP contribution in [-0.4, -0.2) is 40.3 Å².